The summed E-state index contributed by atoms with van der Waals surface area (Å²) in [5.74, 6) is -0.784. The molecule has 2 aromatic carbocycles. The van der Waals surface area contributed by atoms with Crippen molar-refractivity contribution in [2.75, 3.05) is 6.54 Å². The third-order valence-electron chi connectivity index (χ3n) is 4.29. The molecule has 1 amide bonds. The molecule has 0 aliphatic rings. The van der Waals surface area contributed by atoms with Crippen molar-refractivity contribution in [3.63, 3.8) is 0 Å². The van der Waals surface area contributed by atoms with Crippen LogP contribution < -0.4 is 5.32 Å². The zero-order valence-corrected chi connectivity index (χ0v) is 16.4. The summed E-state index contributed by atoms with van der Waals surface area (Å²) < 4.78 is 39.1. The predicted molar refractivity (Wildman–Crippen MR) is 107 cm³/mol. The van der Waals surface area contributed by atoms with Gasteiger partial charge in [-0.25, -0.2) is 0 Å². The van der Waals surface area contributed by atoms with Crippen LogP contribution in [0.25, 0.3) is 11.1 Å². The average Bonchev–Trinajstić information content (AvgIpc) is 2.69. The molecular formula is C21H15Cl2F3N2O. The highest BCUT2D eigenvalue weighted by Gasteiger charge is 2.34. The first-order valence-corrected chi connectivity index (χ1v) is 9.35. The number of aromatic nitrogens is 1. The van der Waals surface area contributed by atoms with Gasteiger partial charge in [-0.3, -0.25) is 9.78 Å². The zero-order valence-electron chi connectivity index (χ0n) is 14.9. The van der Waals surface area contributed by atoms with Crippen LogP contribution in [0, 0.1) is 0 Å². The number of halogens is 5. The van der Waals surface area contributed by atoms with Crippen LogP contribution in [0.1, 0.15) is 21.5 Å². The molecule has 0 unspecified atom stereocenters. The number of benzene rings is 2. The molecule has 0 spiro atoms. The van der Waals surface area contributed by atoms with Crippen LogP contribution in [0.3, 0.4) is 0 Å². The number of alkyl halides is 3. The van der Waals surface area contributed by atoms with E-state index in [1.54, 1.807) is 30.6 Å². The van der Waals surface area contributed by atoms with Crippen LogP contribution in [-0.4, -0.2) is 17.4 Å². The van der Waals surface area contributed by atoms with Crippen LogP contribution >= 0.6 is 23.2 Å². The minimum absolute atomic E-state index is 0.137. The molecule has 3 rings (SSSR count). The Morgan fingerprint density at radius 3 is 2.48 bits per heavy atom. The van der Waals surface area contributed by atoms with Gasteiger partial charge in [0.05, 0.1) is 16.1 Å². The number of nitrogens with one attached hydrogen (secondary N) is 1. The van der Waals surface area contributed by atoms with E-state index in [-0.39, 0.29) is 6.54 Å². The van der Waals surface area contributed by atoms with Crippen molar-refractivity contribution in [2.45, 2.75) is 12.6 Å². The van der Waals surface area contributed by atoms with Crippen molar-refractivity contribution in [1.29, 1.82) is 0 Å². The maximum Gasteiger partial charge on any atom is 0.417 e. The lowest BCUT2D eigenvalue weighted by Crippen LogP contribution is -2.28. The van der Waals surface area contributed by atoms with Gasteiger partial charge in [-0.1, -0.05) is 47.5 Å². The Balaban J connectivity index is 1.67. The Kier molecular flexibility index (Phi) is 6.45. The number of carbonyl (C=O) groups excluding carboxylic acids is 1. The number of amides is 1. The summed E-state index contributed by atoms with van der Waals surface area (Å²) in [6, 6.07) is 11.7. The quantitative estimate of drug-likeness (QED) is 0.526. The van der Waals surface area contributed by atoms with E-state index in [4.69, 9.17) is 23.2 Å². The molecule has 1 aromatic heterocycles. The molecule has 3 nitrogen and oxygen atoms in total. The SMILES string of the molecule is O=C(NCCc1ccc(-c2cnccc2Cl)cc1Cl)c1ccccc1C(F)(F)F. The smallest absolute Gasteiger partial charge is 0.352 e. The summed E-state index contributed by atoms with van der Waals surface area (Å²) in [6.07, 6.45) is -1.02. The van der Waals surface area contributed by atoms with Gasteiger partial charge in [-0.2, -0.15) is 13.2 Å². The van der Waals surface area contributed by atoms with E-state index < -0.39 is 23.2 Å². The molecule has 0 radical (unpaired) electrons. The number of nitrogens with zero attached hydrogens (tertiary/aromatic N) is 1. The van der Waals surface area contributed by atoms with E-state index in [0.29, 0.717) is 16.5 Å². The highest BCUT2D eigenvalue weighted by Crippen LogP contribution is 2.32. The molecule has 8 heteroatoms. The molecule has 0 aliphatic heterocycles. The fraction of sp³-hybridized carbons (Fsp3) is 0.143. The Hall–Kier alpha value is -2.57. The van der Waals surface area contributed by atoms with E-state index in [1.807, 2.05) is 6.07 Å². The second-order valence-corrected chi connectivity index (χ2v) is 7.03. The molecule has 29 heavy (non-hydrogen) atoms. The van der Waals surface area contributed by atoms with Crippen LogP contribution in [-0.2, 0) is 12.6 Å². The standard InChI is InChI=1S/C21H15Cl2F3N2O/c22-18-8-9-27-12-16(18)14-6-5-13(19(23)11-14)7-10-28-20(29)15-3-1-2-4-17(15)21(24,25)26/h1-6,8-9,11-12H,7,10H2,(H,28,29). The van der Waals surface area contributed by atoms with Gasteiger partial charge in [-0.05, 0) is 41.8 Å². The Morgan fingerprint density at radius 1 is 1.03 bits per heavy atom. The lowest BCUT2D eigenvalue weighted by molar-refractivity contribution is -0.137. The first-order chi connectivity index (χ1) is 13.8. The highest BCUT2D eigenvalue weighted by atomic mass is 35.5. The summed E-state index contributed by atoms with van der Waals surface area (Å²) in [6.45, 7) is 0.137. The van der Waals surface area contributed by atoms with Gasteiger partial charge >= 0.3 is 6.18 Å². The molecule has 0 saturated carbocycles. The highest BCUT2D eigenvalue weighted by molar-refractivity contribution is 6.34. The Labute approximate surface area is 175 Å². The molecule has 0 atom stereocenters. The van der Waals surface area contributed by atoms with Crippen LogP contribution in [0.2, 0.25) is 10.0 Å². The minimum atomic E-state index is -4.60. The molecule has 1 heterocycles. The normalized spacial score (nSPS) is 11.3. The number of rotatable bonds is 5. The average molecular weight is 439 g/mol. The Morgan fingerprint density at radius 2 is 1.79 bits per heavy atom. The number of pyridine rings is 1. The van der Waals surface area contributed by atoms with E-state index in [2.05, 4.69) is 10.3 Å². The van der Waals surface area contributed by atoms with E-state index in [0.717, 1.165) is 28.8 Å². The van der Waals surface area contributed by atoms with Crippen molar-refractivity contribution in [2.24, 2.45) is 0 Å². The first-order valence-electron chi connectivity index (χ1n) is 8.60. The lowest BCUT2D eigenvalue weighted by atomic mass is 10.0. The Bertz CT molecular complexity index is 1040. The monoisotopic (exact) mass is 438 g/mol. The molecule has 0 bridgehead atoms. The van der Waals surface area contributed by atoms with Crippen molar-refractivity contribution in [1.82, 2.24) is 10.3 Å². The summed E-state index contributed by atoms with van der Waals surface area (Å²) in [5.41, 5.74) is 0.903. The van der Waals surface area contributed by atoms with Gasteiger partial charge in [0.15, 0.2) is 0 Å². The fourth-order valence-corrected chi connectivity index (χ4v) is 3.33. The van der Waals surface area contributed by atoms with Crippen molar-refractivity contribution < 1.29 is 18.0 Å². The van der Waals surface area contributed by atoms with Crippen LogP contribution in [0.5, 0.6) is 0 Å². The predicted octanol–water partition coefficient (Wildman–Crippen LogP) is 6.05. The molecule has 0 saturated heterocycles. The fourth-order valence-electron chi connectivity index (χ4n) is 2.84. The zero-order chi connectivity index (χ0) is 21.0. The molecule has 0 aliphatic carbocycles. The second-order valence-electron chi connectivity index (χ2n) is 6.21. The topological polar surface area (TPSA) is 42.0 Å². The van der Waals surface area contributed by atoms with Crippen LogP contribution in [0.4, 0.5) is 13.2 Å². The lowest BCUT2D eigenvalue weighted by Gasteiger charge is -2.13. The van der Waals surface area contributed by atoms with Gasteiger partial charge in [0.2, 0.25) is 0 Å². The third-order valence-corrected chi connectivity index (χ3v) is 4.97. The number of hydrogen-bond donors (Lipinski definition) is 1. The third kappa shape index (κ3) is 5.08. The first kappa shape index (κ1) is 21.1. The second kappa shape index (κ2) is 8.84. The maximum atomic E-state index is 13.0. The van der Waals surface area contributed by atoms with Gasteiger partial charge < -0.3 is 5.32 Å². The summed E-state index contributed by atoms with van der Waals surface area (Å²) in [4.78, 5) is 16.2. The molecule has 150 valence electrons. The molecule has 0 fully saturated rings. The maximum absolute atomic E-state index is 13.0. The largest absolute Gasteiger partial charge is 0.417 e. The van der Waals surface area contributed by atoms with Gasteiger partial charge in [0.1, 0.15) is 0 Å². The van der Waals surface area contributed by atoms with E-state index in [9.17, 15) is 18.0 Å². The van der Waals surface area contributed by atoms with Crippen molar-refractivity contribution >= 4 is 29.1 Å². The van der Waals surface area contributed by atoms with Crippen LogP contribution in [0.15, 0.2) is 60.9 Å². The molecule has 3 aromatic rings. The number of hydrogen-bond acceptors (Lipinski definition) is 2. The molecule has 1 N–H and O–H groups in total. The van der Waals surface area contributed by atoms with Crippen molar-refractivity contribution in [3.8, 4) is 11.1 Å². The summed E-state index contributed by atoms with van der Waals surface area (Å²) >= 11 is 12.5. The number of carbonyl (C=O) groups is 1. The van der Waals surface area contributed by atoms with Gasteiger partial charge in [0, 0.05) is 29.5 Å². The van der Waals surface area contributed by atoms with E-state index in [1.165, 1.54) is 12.1 Å². The summed E-state index contributed by atoms with van der Waals surface area (Å²) in [5, 5.41) is 3.52. The minimum Gasteiger partial charge on any atom is -0.352 e. The van der Waals surface area contributed by atoms with E-state index >= 15 is 0 Å². The summed E-state index contributed by atoms with van der Waals surface area (Å²) in [7, 11) is 0. The van der Waals surface area contributed by atoms with Gasteiger partial charge in [0.25, 0.3) is 5.91 Å². The van der Waals surface area contributed by atoms with Crippen molar-refractivity contribution in [3.05, 3.63) is 87.7 Å². The molecular weight excluding hydrogens is 424 g/mol. The van der Waals surface area contributed by atoms with Gasteiger partial charge in [-0.15, -0.1) is 0 Å².